The van der Waals surface area contributed by atoms with E-state index in [-0.39, 0.29) is 0 Å². The van der Waals surface area contributed by atoms with Crippen molar-refractivity contribution in [1.29, 1.82) is 5.26 Å². The first kappa shape index (κ1) is 10.2. The zero-order valence-electron chi connectivity index (χ0n) is 9.10. The van der Waals surface area contributed by atoms with Crippen molar-refractivity contribution in [3.05, 3.63) is 41.5 Å². The third kappa shape index (κ3) is 1.75. The van der Waals surface area contributed by atoms with Gasteiger partial charge in [-0.1, -0.05) is 0 Å². The average molecular weight is 210 g/mol. The molecule has 78 valence electrons. The molecule has 0 spiro atoms. The summed E-state index contributed by atoms with van der Waals surface area (Å²) in [6, 6.07) is 5.75. The van der Waals surface area contributed by atoms with Crippen LogP contribution in [0, 0.1) is 25.2 Å². The molecule has 2 heterocycles. The molecule has 0 N–H and O–H groups in total. The van der Waals surface area contributed by atoms with Crippen LogP contribution >= 0.6 is 0 Å². The molecule has 0 aliphatic heterocycles. The van der Waals surface area contributed by atoms with E-state index in [1.807, 2.05) is 19.9 Å². The fourth-order valence-corrected chi connectivity index (χ4v) is 1.63. The summed E-state index contributed by atoms with van der Waals surface area (Å²) in [4.78, 5) is 12.5. The molecule has 4 nitrogen and oxygen atoms in total. The van der Waals surface area contributed by atoms with Crippen LogP contribution in [0.3, 0.4) is 0 Å². The number of aromatic nitrogens is 3. The predicted octanol–water partition coefficient (Wildman–Crippen LogP) is 2.03. The number of aryl methyl sites for hydroxylation is 2. The molecule has 2 aromatic rings. The summed E-state index contributed by atoms with van der Waals surface area (Å²) in [7, 11) is 0. The van der Waals surface area contributed by atoms with E-state index in [9.17, 15) is 0 Å². The van der Waals surface area contributed by atoms with Gasteiger partial charge in [-0.2, -0.15) is 5.26 Å². The lowest BCUT2D eigenvalue weighted by Crippen LogP contribution is -1.98. The van der Waals surface area contributed by atoms with Gasteiger partial charge in [0, 0.05) is 18.1 Å². The minimum atomic E-state index is 0.378. The van der Waals surface area contributed by atoms with Gasteiger partial charge in [0.2, 0.25) is 0 Å². The van der Waals surface area contributed by atoms with Crippen molar-refractivity contribution >= 4 is 0 Å². The van der Waals surface area contributed by atoms with Crippen molar-refractivity contribution in [1.82, 2.24) is 15.0 Å². The molecule has 0 aromatic carbocycles. The van der Waals surface area contributed by atoms with Crippen LogP contribution in [0.15, 0.2) is 24.5 Å². The first-order valence-corrected chi connectivity index (χ1v) is 4.88. The standard InChI is InChI=1S/C12H10N4/c1-8-6-9(2)16-10(7-13)11(8)12-14-4-3-5-15-12/h3-6H,1-2H3. The summed E-state index contributed by atoms with van der Waals surface area (Å²) in [5, 5.41) is 9.06. The molecule has 0 aliphatic carbocycles. The summed E-state index contributed by atoms with van der Waals surface area (Å²) in [6.07, 6.45) is 3.31. The van der Waals surface area contributed by atoms with E-state index >= 15 is 0 Å². The number of nitriles is 1. The Morgan fingerprint density at radius 3 is 2.50 bits per heavy atom. The fraction of sp³-hybridized carbons (Fsp3) is 0.167. The molecule has 0 bridgehead atoms. The van der Waals surface area contributed by atoms with Crippen molar-refractivity contribution in [2.45, 2.75) is 13.8 Å². The van der Waals surface area contributed by atoms with Crippen LogP contribution in [0.1, 0.15) is 17.0 Å². The number of nitrogens with zero attached hydrogens (tertiary/aromatic N) is 4. The number of pyridine rings is 1. The van der Waals surface area contributed by atoms with Crippen LogP contribution in [0.25, 0.3) is 11.4 Å². The molecule has 0 saturated carbocycles. The monoisotopic (exact) mass is 210 g/mol. The van der Waals surface area contributed by atoms with Crippen LogP contribution in [-0.2, 0) is 0 Å². The predicted molar refractivity (Wildman–Crippen MR) is 59.5 cm³/mol. The van der Waals surface area contributed by atoms with Gasteiger partial charge in [0.05, 0.1) is 5.56 Å². The molecule has 0 fully saturated rings. The Morgan fingerprint density at radius 2 is 1.88 bits per heavy atom. The smallest absolute Gasteiger partial charge is 0.162 e. The van der Waals surface area contributed by atoms with E-state index in [2.05, 4.69) is 21.0 Å². The van der Waals surface area contributed by atoms with Gasteiger partial charge >= 0.3 is 0 Å². The third-order valence-electron chi connectivity index (χ3n) is 2.24. The number of hydrogen-bond donors (Lipinski definition) is 0. The van der Waals surface area contributed by atoms with Gasteiger partial charge in [0.15, 0.2) is 11.5 Å². The number of rotatable bonds is 1. The van der Waals surface area contributed by atoms with E-state index in [0.29, 0.717) is 17.1 Å². The second-order valence-corrected chi connectivity index (χ2v) is 3.49. The highest BCUT2D eigenvalue weighted by Gasteiger charge is 2.12. The molecule has 0 unspecified atom stereocenters. The zero-order chi connectivity index (χ0) is 11.5. The molecule has 2 aromatic heterocycles. The van der Waals surface area contributed by atoms with Gasteiger partial charge in [-0.05, 0) is 31.5 Å². The molecule has 0 atom stereocenters. The summed E-state index contributed by atoms with van der Waals surface area (Å²) in [6.45, 7) is 3.80. The normalized spacial score (nSPS) is 9.81. The minimum absolute atomic E-state index is 0.378. The average Bonchev–Trinajstić information content (AvgIpc) is 2.29. The van der Waals surface area contributed by atoms with Gasteiger partial charge in [0.1, 0.15) is 6.07 Å². The molecular formula is C12H10N4. The van der Waals surface area contributed by atoms with E-state index in [0.717, 1.165) is 11.3 Å². The Bertz CT molecular complexity index is 555. The van der Waals surface area contributed by atoms with Crippen LogP contribution in [0.5, 0.6) is 0 Å². The second kappa shape index (κ2) is 4.07. The first-order chi connectivity index (χ1) is 7.72. The van der Waals surface area contributed by atoms with Crippen LogP contribution < -0.4 is 0 Å². The summed E-state index contributed by atoms with van der Waals surface area (Å²) < 4.78 is 0. The van der Waals surface area contributed by atoms with Gasteiger partial charge in [-0.3, -0.25) is 0 Å². The lowest BCUT2D eigenvalue weighted by Gasteiger charge is -2.06. The van der Waals surface area contributed by atoms with Gasteiger partial charge in [0.25, 0.3) is 0 Å². The molecule has 0 aliphatic rings. The molecule has 4 heteroatoms. The highest BCUT2D eigenvalue weighted by Crippen LogP contribution is 2.22. The van der Waals surface area contributed by atoms with Crippen LogP contribution in [-0.4, -0.2) is 15.0 Å². The Balaban J connectivity index is 2.71. The Hall–Kier alpha value is -2.28. The maximum absolute atomic E-state index is 9.06. The molecule has 0 saturated heterocycles. The highest BCUT2D eigenvalue weighted by atomic mass is 14.9. The first-order valence-electron chi connectivity index (χ1n) is 4.88. The van der Waals surface area contributed by atoms with Crippen molar-refractivity contribution in [2.24, 2.45) is 0 Å². The van der Waals surface area contributed by atoms with E-state index in [4.69, 9.17) is 5.26 Å². The third-order valence-corrected chi connectivity index (χ3v) is 2.24. The second-order valence-electron chi connectivity index (χ2n) is 3.49. The van der Waals surface area contributed by atoms with Crippen LogP contribution in [0.4, 0.5) is 0 Å². The number of hydrogen-bond acceptors (Lipinski definition) is 4. The molecule has 0 radical (unpaired) electrons. The lowest BCUT2D eigenvalue weighted by atomic mass is 10.1. The fourth-order valence-electron chi connectivity index (χ4n) is 1.63. The van der Waals surface area contributed by atoms with Gasteiger partial charge in [-0.25, -0.2) is 15.0 Å². The van der Waals surface area contributed by atoms with E-state index < -0.39 is 0 Å². The largest absolute Gasteiger partial charge is 0.242 e. The molecule has 16 heavy (non-hydrogen) atoms. The Morgan fingerprint density at radius 1 is 1.19 bits per heavy atom. The minimum Gasteiger partial charge on any atom is -0.242 e. The van der Waals surface area contributed by atoms with Crippen LogP contribution in [0.2, 0.25) is 0 Å². The summed E-state index contributed by atoms with van der Waals surface area (Å²) in [5.74, 6) is 0.545. The molecular weight excluding hydrogens is 200 g/mol. The van der Waals surface area contributed by atoms with Crippen molar-refractivity contribution in [2.75, 3.05) is 0 Å². The molecule has 0 amide bonds. The lowest BCUT2D eigenvalue weighted by molar-refractivity contribution is 1.11. The quantitative estimate of drug-likeness (QED) is 0.722. The van der Waals surface area contributed by atoms with E-state index in [1.165, 1.54) is 0 Å². The Labute approximate surface area is 93.6 Å². The summed E-state index contributed by atoms with van der Waals surface area (Å²) in [5.41, 5.74) is 2.89. The molecule has 2 rings (SSSR count). The topological polar surface area (TPSA) is 62.5 Å². The van der Waals surface area contributed by atoms with Gasteiger partial charge < -0.3 is 0 Å². The SMILES string of the molecule is Cc1cc(C)c(-c2ncccn2)c(C#N)n1. The van der Waals surface area contributed by atoms with Crippen molar-refractivity contribution in [3.8, 4) is 17.5 Å². The maximum atomic E-state index is 9.06. The highest BCUT2D eigenvalue weighted by molar-refractivity contribution is 5.66. The zero-order valence-corrected chi connectivity index (χ0v) is 9.10. The Kier molecular flexibility index (Phi) is 2.61. The van der Waals surface area contributed by atoms with Gasteiger partial charge in [-0.15, -0.1) is 0 Å². The maximum Gasteiger partial charge on any atom is 0.162 e. The summed E-state index contributed by atoms with van der Waals surface area (Å²) >= 11 is 0. The van der Waals surface area contributed by atoms with Crippen molar-refractivity contribution < 1.29 is 0 Å². The van der Waals surface area contributed by atoms with Crippen molar-refractivity contribution in [3.63, 3.8) is 0 Å². The van der Waals surface area contributed by atoms with E-state index in [1.54, 1.807) is 18.5 Å².